The minimum Gasteiger partial charge on any atom is -0.466 e. The van der Waals surface area contributed by atoms with Gasteiger partial charge in [0.15, 0.2) is 49.4 Å². The maximum absolute atomic E-state index is 14.5. The average Bonchev–Trinajstić information content (AvgIpc) is 0.790. The van der Waals surface area contributed by atoms with Crippen LogP contribution in [0.25, 0.3) is 0 Å². The van der Waals surface area contributed by atoms with Gasteiger partial charge in [-0.25, -0.2) is 0 Å². The number of amides is 8. The molecule has 8 amide bonds. The molecule has 15 atom stereocenters. The van der Waals surface area contributed by atoms with Gasteiger partial charge in [0.05, 0.1) is 6.61 Å². The predicted molar refractivity (Wildman–Crippen MR) is 423 cm³/mol. The van der Waals surface area contributed by atoms with E-state index in [1.165, 1.54) is 24.8 Å². The van der Waals surface area contributed by atoms with Gasteiger partial charge >= 0.3 is 59.7 Å². The Hall–Kier alpha value is -10.0. The zero-order chi connectivity index (χ0) is 91.2. The van der Waals surface area contributed by atoms with Crippen molar-refractivity contribution in [2.75, 3.05) is 79.0 Å². The first-order valence-electron chi connectivity index (χ1n) is 41.1. The lowest BCUT2D eigenvalue weighted by Gasteiger charge is -2.44. The summed E-state index contributed by atoms with van der Waals surface area (Å²) >= 11 is 0. The molecule has 692 valence electrons. The Labute approximate surface area is 710 Å². The number of nitrogens with one attached hydrogen (secondary N) is 7. The predicted octanol–water partition coefficient (Wildman–Crippen LogP) is 1.18. The molecule has 0 aromatic rings. The summed E-state index contributed by atoms with van der Waals surface area (Å²) in [5.41, 5.74) is 0. The van der Waals surface area contributed by atoms with Crippen LogP contribution in [0.2, 0.25) is 0 Å². The maximum atomic E-state index is 14.5. The van der Waals surface area contributed by atoms with Gasteiger partial charge in [-0.1, -0.05) is 51.2 Å². The third kappa shape index (κ3) is 48.0. The van der Waals surface area contributed by atoms with Crippen LogP contribution >= 0.6 is 0 Å². The fourth-order valence-corrected chi connectivity index (χ4v) is 12.9. The zero-order valence-corrected chi connectivity index (χ0v) is 72.1. The number of esters is 10. The summed E-state index contributed by atoms with van der Waals surface area (Å²) in [6.07, 6.45) is -7.43. The lowest BCUT2D eigenvalue weighted by atomic mass is 9.96. The zero-order valence-electron chi connectivity index (χ0n) is 72.1. The molecule has 0 spiro atoms. The average molecular weight is 1750 g/mol. The van der Waals surface area contributed by atoms with Crippen molar-refractivity contribution in [1.29, 1.82) is 0 Å². The quantitative estimate of drug-likeness (QED) is 0.0139. The van der Waals surface area contributed by atoms with Gasteiger partial charge in [-0.15, -0.1) is 0 Å². The summed E-state index contributed by atoms with van der Waals surface area (Å²) in [4.78, 5) is 229. The Kier molecular flexibility index (Phi) is 54.3. The van der Waals surface area contributed by atoms with E-state index in [0.717, 1.165) is 108 Å². The van der Waals surface area contributed by atoms with E-state index >= 15 is 0 Å². The number of carbonyl (C=O) groups is 18. The second-order valence-electron chi connectivity index (χ2n) is 29.0. The highest BCUT2D eigenvalue weighted by Crippen LogP contribution is 2.31. The highest BCUT2D eigenvalue weighted by Gasteiger charge is 2.53. The number of aliphatic hydroxyl groups excluding tert-OH is 1. The van der Waals surface area contributed by atoms with E-state index in [2.05, 4.69) is 43.8 Å². The molecule has 42 heteroatoms. The molecule has 0 aliphatic carbocycles. The van der Waals surface area contributed by atoms with Crippen LogP contribution in [0, 0.1) is 0 Å². The summed E-state index contributed by atoms with van der Waals surface area (Å²) in [5, 5.41) is 30.1. The van der Waals surface area contributed by atoms with Gasteiger partial charge in [0.2, 0.25) is 47.3 Å². The number of ether oxygens (including phenoxy) is 15. The molecule has 2 fully saturated rings. The Bertz CT molecular complexity index is 3260. The van der Waals surface area contributed by atoms with Crippen LogP contribution in [0.4, 0.5) is 0 Å². The number of nitrogens with zero attached hydrogens (tertiary/aromatic N) is 1. The van der Waals surface area contributed by atoms with Crippen molar-refractivity contribution in [1.82, 2.24) is 42.1 Å². The van der Waals surface area contributed by atoms with E-state index in [4.69, 9.17) is 71.1 Å². The van der Waals surface area contributed by atoms with E-state index in [1.807, 2.05) is 0 Å². The van der Waals surface area contributed by atoms with Crippen LogP contribution in [-0.4, -0.2) is 288 Å². The molecular formula is C80H128N8O34. The summed E-state index contributed by atoms with van der Waals surface area (Å²) in [7, 11) is 0. The second-order valence-corrected chi connectivity index (χ2v) is 29.0. The van der Waals surface area contributed by atoms with Crippen LogP contribution in [-0.2, 0) is 157 Å². The number of aliphatic hydroxyl groups is 1. The molecule has 14 unspecified atom stereocenters. The summed E-state index contributed by atoms with van der Waals surface area (Å²) < 4.78 is 82.9. The van der Waals surface area contributed by atoms with Crippen molar-refractivity contribution in [2.45, 2.75) is 310 Å². The molecule has 2 rings (SSSR count). The molecule has 42 nitrogen and oxygen atoms in total. The van der Waals surface area contributed by atoms with Crippen LogP contribution in [0.1, 0.15) is 218 Å². The maximum Gasteiger partial charge on any atom is 0.306 e. The fourth-order valence-electron chi connectivity index (χ4n) is 12.9. The highest BCUT2D eigenvalue weighted by molar-refractivity contribution is 5.88. The van der Waals surface area contributed by atoms with Crippen LogP contribution < -0.4 is 37.2 Å². The minimum atomic E-state index is -1.91. The lowest BCUT2D eigenvalue weighted by Crippen LogP contribution is -2.66. The minimum absolute atomic E-state index is 0.0781. The third-order valence-corrected chi connectivity index (χ3v) is 18.1. The number of hydrogen-bond acceptors (Lipinski definition) is 34. The first kappa shape index (κ1) is 108. The molecule has 0 radical (unpaired) electrons. The van der Waals surface area contributed by atoms with E-state index in [0.29, 0.717) is 19.3 Å². The molecule has 2 aliphatic heterocycles. The van der Waals surface area contributed by atoms with Gasteiger partial charge in [0.25, 0.3) is 0 Å². The van der Waals surface area contributed by atoms with Crippen LogP contribution in [0.15, 0.2) is 12.7 Å². The Balaban J connectivity index is 2.41. The molecule has 0 saturated carbocycles. The molecule has 0 aromatic carbocycles. The van der Waals surface area contributed by atoms with E-state index in [1.54, 1.807) is 0 Å². The van der Waals surface area contributed by atoms with Gasteiger partial charge in [-0.3, -0.25) is 86.3 Å². The first-order chi connectivity index (χ1) is 57.8. The Morgan fingerprint density at radius 3 is 1.29 bits per heavy atom. The van der Waals surface area contributed by atoms with Gasteiger partial charge in [0.1, 0.15) is 62.3 Å². The molecule has 2 saturated heterocycles. The SMILES string of the molecule is C=CCOC(=O)CCCCCCCCCCNC(=O)[C@H](CCC(=O)N(CCNC(=O)CCCCOC1OC(COC(C)=O)C(OC(C)=O)C(OC(C)=O)C1NC(C)=O)CCNC(=O)CCCCOC1OC(COC(C)=O)C(OC(C)=O)C(OC(C)=O)C1NC(C)=O)NC(=O)CCCCOC(O)C(NC(C)=O)C(OC(C)=O)C(CCOC(C)=O)OC(C)=O. The topological polar surface area (TPSA) is 553 Å². The van der Waals surface area contributed by atoms with Crippen molar-refractivity contribution in [3.63, 3.8) is 0 Å². The van der Waals surface area contributed by atoms with Crippen molar-refractivity contribution in [3.05, 3.63) is 12.7 Å². The molecule has 2 heterocycles. The molecule has 8 N–H and O–H groups in total. The number of rotatable bonds is 61. The molecule has 0 aromatic heterocycles. The fraction of sp³-hybridized carbons (Fsp3) is 0.750. The Morgan fingerprint density at radius 2 is 0.852 bits per heavy atom. The van der Waals surface area contributed by atoms with Crippen LogP contribution in [0.3, 0.4) is 0 Å². The van der Waals surface area contributed by atoms with Gasteiger partial charge in [-0.2, -0.15) is 0 Å². The standard InChI is InChI=1S/C80H128N8O34/c1-14-41-109-68(105)32-21-19-17-15-16-18-20-25-36-83-77(106)60(87-66(103)31-24-26-42-110-78(107)69(84-48(2)89)72(116-55(9)96)61(115-54(8)95)35-45-108-51(5)92)33-34-67(104)88(39-37-81-64(101)29-22-27-43-111-79-70(85-49(3)90)75(119-58(12)99)73(117-56(10)97)62(121-79)46-113-52(6)93)40-38-82-65(102)30-23-28-44-112-80-71(86-50(4)91)76(120-59(13)100)74(118-57(11)98)63(122-80)47-114-53(7)94/h14,60-63,69-76,78-80,107H,1,15-47H2,2-13H3,(H,81,101)(H,82,102)(H,83,106)(H,84,89)(H,85,90)(H,86,91)(H,87,103)/t60-,61?,62?,63?,69?,70?,71?,72?,73?,74?,75?,76?,78?,79?,80?/m0/s1. The van der Waals surface area contributed by atoms with E-state index in [-0.39, 0.29) is 149 Å². The highest BCUT2D eigenvalue weighted by atomic mass is 16.7. The molecule has 0 bridgehead atoms. The van der Waals surface area contributed by atoms with E-state index < -0.39 is 206 Å². The molecule has 122 heavy (non-hydrogen) atoms. The lowest BCUT2D eigenvalue weighted by molar-refractivity contribution is -0.277. The largest absolute Gasteiger partial charge is 0.466 e. The van der Waals surface area contributed by atoms with Crippen LogP contribution in [0.5, 0.6) is 0 Å². The number of carbonyl (C=O) groups excluding carboxylic acids is 18. The third-order valence-electron chi connectivity index (χ3n) is 18.1. The van der Waals surface area contributed by atoms with E-state index in [9.17, 15) is 91.4 Å². The summed E-state index contributed by atoms with van der Waals surface area (Å²) in [6, 6.07) is -5.31. The first-order valence-corrected chi connectivity index (χ1v) is 41.1. The Morgan fingerprint density at radius 1 is 0.418 bits per heavy atom. The molecular weight excluding hydrogens is 1620 g/mol. The van der Waals surface area contributed by atoms with Gasteiger partial charge < -0.3 is 118 Å². The number of unbranched alkanes of at least 4 members (excludes halogenated alkanes) is 10. The van der Waals surface area contributed by atoms with Crippen molar-refractivity contribution >= 4 is 107 Å². The van der Waals surface area contributed by atoms with Crippen molar-refractivity contribution < 1.29 is 162 Å². The van der Waals surface area contributed by atoms with Crippen molar-refractivity contribution in [3.8, 4) is 0 Å². The van der Waals surface area contributed by atoms with Crippen molar-refractivity contribution in [2.24, 2.45) is 0 Å². The normalized spacial score (nSPS) is 19.6. The van der Waals surface area contributed by atoms with Gasteiger partial charge in [0, 0.05) is 174 Å². The van der Waals surface area contributed by atoms with Gasteiger partial charge in [-0.05, 0) is 57.8 Å². The second kappa shape index (κ2) is 61.3. The molecule has 2 aliphatic rings. The monoisotopic (exact) mass is 1740 g/mol. The number of hydrogen-bond donors (Lipinski definition) is 8. The summed E-state index contributed by atoms with van der Waals surface area (Å²) in [6.45, 7) is 15.0. The summed E-state index contributed by atoms with van der Waals surface area (Å²) in [5.74, 6) is -11.9. The smallest absolute Gasteiger partial charge is 0.306 e.